The first-order valence-electron chi connectivity index (χ1n) is 7.93. The van der Waals surface area contributed by atoms with Crippen LogP contribution >= 0.6 is 0 Å². The van der Waals surface area contributed by atoms with E-state index in [-0.39, 0.29) is 0 Å². The van der Waals surface area contributed by atoms with Gasteiger partial charge < -0.3 is 19.5 Å². The largest absolute Gasteiger partial charge is 0.383 e. The molecule has 0 bridgehead atoms. The van der Waals surface area contributed by atoms with Crippen molar-refractivity contribution in [2.24, 2.45) is 0 Å². The van der Waals surface area contributed by atoms with E-state index >= 15 is 0 Å². The first kappa shape index (κ1) is 17.9. The van der Waals surface area contributed by atoms with E-state index in [2.05, 4.69) is 10.2 Å². The minimum atomic E-state index is 0.390. The van der Waals surface area contributed by atoms with Crippen LogP contribution in [0.25, 0.3) is 0 Å². The van der Waals surface area contributed by atoms with Gasteiger partial charge in [-0.2, -0.15) is 0 Å². The van der Waals surface area contributed by atoms with Crippen LogP contribution in [-0.4, -0.2) is 76.8 Å². The summed E-state index contributed by atoms with van der Waals surface area (Å²) in [4.78, 5) is 2.42. The molecule has 20 heavy (non-hydrogen) atoms. The van der Waals surface area contributed by atoms with Gasteiger partial charge in [-0.05, 0) is 26.7 Å². The second kappa shape index (κ2) is 11.5. The van der Waals surface area contributed by atoms with Crippen molar-refractivity contribution in [3.63, 3.8) is 0 Å². The topological polar surface area (TPSA) is 43.0 Å². The minimum Gasteiger partial charge on any atom is -0.383 e. The molecular weight excluding hydrogens is 256 g/mol. The van der Waals surface area contributed by atoms with E-state index < -0.39 is 0 Å². The maximum absolute atomic E-state index is 5.49. The average Bonchev–Trinajstić information content (AvgIpc) is 3.26. The summed E-state index contributed by atoms with van der Waals surface area (Å²) in [6, 6.07) is 1.12. The molecule has 0 amide bonds. The van der Waals surface area contributed by atoms with Crippen molar-refractivity contribution in [1.82, 2.24) is 10.2 Å². The van der Waals surface area contributed by atoms with Crippen LogP contribution in [0.4, 0.5) is 0 Å². The van der Waals surface area contributed by atoms with Gasteiger partial charge in [-0.15, -0.1) is 0 Å². The SMILES string of the molecule is CCOCCN(CCOCC)C(CNC1CC1)COC. The molecule has 1 aliphatic rings. The zero-order valence-corrected chi connectivity index (χ0v) is 13.4. The third-order valence-corrected chi connectivity index (χ3v) is 3.55. The van der Waals surface area contributed by atoms with Gasteiger partial charge in [0.25, 0.3) is 0 Å². The highest BCUT2D eigenvalue weighted by Crippen LogP contribution is 2.18. The van der Waals surface area contributed by atoms with Crippen molar-refractivity contribution in [2.45, 2.75) is 38.8 Å². The summed E-state index contributed by atoms with van der Waals surface area (Å²) in [7, 11) is 1.77. The van der Waals surface area contributed by atoms with Crippen LogP contribution in [0.3, 0.4) is 0 Å². The molecule has 0 aromatic heterocycles. The van der Waals surface area contributed by atoms with Crippen LogP contribution in [0, 0.1) is 0 Å². The Morgan fingerprint density at radius 3 is 2.15 bits per heavy atom. The molecule has 1 atom stereocenters. The average molecular weight is 288 g/mol. The first-order chi connectivity index (χ1) is 9.81. The number of ether oxygens (including phenoxy) is 3. The molecular formula is C15H32N2O3. The standard InChI is InChI=1S/C15H32N2O3/c1-4-19-10-8-17(9-11-20-5-2)15(13-18-3)12-16-14-6-7-14/h14-16H,4-13H2,1-3H3. The van der Waals surface area contributed by atoms with Crippen molar-refractivity contribution in [1.29, 1.82) is 0 Å². The van der Waals surface area contributed by atoms with E-state index in [0.29, 0.717) is 6.04 Å². The fourth-order valence-electron chi connectivity index (χ4n) is 2.21. The third-order valence-electron chi connectivity index (χ3n) is 3.55. The van der Waals surface area contributed by atoms with Crippen LogP contribution in [-0.2, 0) is 14.2 Å². The Bertz CT molecular complexity index is 215. The van der Waals surface area contributed by atoms with Gasteiger partial charge in [0.15, 0.2) is 0 Å². The van der Waals surface area contributed by atoms with E-state index in [1.807, 2.05) is 13.8 Å². The molecule has 120 valence electrons. The van der Waals surface area contributed by atoms with Gasteiger partial charge in [0.05, 0.1) is 19.8 Å². The normalized spacial score (nSPS) is 16.8. The molecule has 0 radical (unpaired) electrons. The molecule has 0 spiro atoms. The quantitative estimate of drug-likeness (QED) is 0.485. The fourth-order valence-corrected chi connectivity index (χ4v) is 2.21. The summed E-state index contributed by atoms with van der Waals surface area (Å²) in [5.74, 6) is 0. The highest BCUT2D eigenvalue weighted by atomic mass is 16.5. The monoisotopic (exact) mass is 288 g/mol. The zero-order chi connectivity index (χ0) is 14.6. The van der Waals surface area contributed by atoms with Gasteiger partial charge in [-0.25, -0.2) is 0 Å². The van der Waals surface area contributed by atoms with Crippen molar-refractivity contribution >= 4 is 0 Å². The van der Waals surface area contributed by atoms with Crippen molar-refractivity contribution in [2.75, 3.05) is 59.8 Å². The van der Waals surface area contributed by atoms with Crippen molar-refractivity contribution in [3.05, 3.63) is 0 Å². The predicted octanol–water partition coefficient (Wildman–Crippen LogP) is 1.13. The van der Waals surface area contributed by atoms with Gasteiger partial charge >= 0.3 is 0 Å². The van der Waals surface area contributed by atoms with Gasteiger partial charge in [0.1, 0.15) is 0 Å². The van der Waals surface area contributed by atoms with Crippen LogP contribution in [0.1, 0.15) is 26.7 Å². The summed E-state index contributed by atoms with van der Waals surface area (Å²) in [5, 5.41) is 3.60. The Morgan fingerprint density at radius 1 is 1.10 bits per heavy atom. The summed E-state index contributed by atoms with van der Waals surface area (Å²) >= 11 is 0. The number of rotatable bonds is 14. The van der Waals surface area contributed by atoms with Gasteiger partial charge in [-0.3, -0.25) is 4.90 Å². The smallest absolute Gasteiger partial charge is 0.0630 e. The van der Waals surface area contributed by atoms with Crippen LogP contribution in [0.15, 0.2) is 0 Å². The summed E-state index contributed by atoms with van der Waals surface area (Å²) in [5.41, 5.74) is 0. The maximum atomic E-state index is 5.49. The predicted molar refractivity (Wildman–Crippen MR) is 81.2 cm³/mol. The van der Waals surface area contributed by atoms with E-state index in [4.69, 9.17) is 14.2 Å². The number of nitrogens with zero attached hydrogens (tertiary/aromatic N) is 1. The van der Waals surface area contributed by atoms with E-state index in [1.165, 1.54) is 12.8 Å². The lowest BCUT2D eigenvalue weighted by Gasteiger charge is -2.31. The molecule has 0 aromatic carbocycles. The Morgan fingerprint density at radius 2 is 1.70 bits per heavy atom. The fraction of sp³-hybridized carbons (Fsp3) is 1.00. The molecule has 1 saturated carbocycles. The second-order valence-corrected chi connectivity index (χ2v) is 5.22. The van der Waals surface area contributed by atoms with Gasteiger partial charge in [-0.1, -0.05) is 0 Å². The Labute approximate surface area is 123 Å². The molecule has 5 nitrogen and oxygen atoms in total. The maximum Gasteiger partial charge on any atom is 0.0630 e. The lowest BCUT2D eigenvalue weighted by molar-refractivity contribution is 0.0353. The molecule has 1 fully saturated rings. The number of hydrogen-bond donors (Lipinski definition) is 1. The molecule has 1 rings (SSSR count). The van der Waals surface area contributed by atoms with Crippen LogP contribution in [0.5, 0.6) is 0 Å². The van der Waals surface area contributed by atoms with Crippen LogP contribution < -0.4 is 5.32 Å². The van der Waals surface area contributed by atoms with Crippen LogP contribution in [0.2, 0.25) is 0 Å². The van der Waals surface area contributed by atoms with Crippen molar-refractivity contribution < 1.29 is 14.2 Å². The molecule has 1 N–H and O–H groups in total. The van der Waals surface area contributed by atoms with E-state index in [1.54, 1.807) is 7.11 Å². The molecule has 1 aliphatic carbocycles. The van der Waals surface area contributed by atoms with Crippen molar-refractivity contribution in [3.8, 4) is 0 Å². The van der Waals surface area contributed by atoms with Gasteiger partial charge in [0.2, 0.25) is 0 Å². The molecule has 0 aliphatic heterocycles. The number of methoxy groups -OCH3 is 1. The summed E-state index contributed by atoms with van der Waals surface area (Å²) < 4.78 is 16.4. The van der Waals surface area contributed by atoms with Gasteiger partial charge in [0, 0.05) is 52.0 Å². The highest BCUT2D eigenvalue weighted by Gasteiger charge is 2.24. The lowest BCUT2D eigenvalue weighted by Crippen LogP contribution is -2.48. The summed E-state index contributed by atoms with van der Waals surface area (Å²) in [6.07, 6.45) is 2.63. The molecule has 5 heteroatoms. The summed E-state index contributed by atoms with van der Waals surface area (Å²) in [6.45, 7) is 10.7. The Balaban J connectivity index is 2.38. The second-order valence-electron chi connectivity index (χ2n) is 5.22. The minimum absolute atomic E-state index is 0.390. The molecule has 0 saturated heterocycles. The zero-order valence-electron chi connectivity index (χ0n) is 13.4. The van der Waals surface area contributed by atoms with E-state index in [9.17, 15) is 0 Å². The molecule has 0 aromatic rings. The highest BCUT2D eigenvalue weighted by molar-refractivity contribution is 4.84. The molecule has 1 unspecified atom stereocenters. The Kier molecular flexibility index (Phi) is 10.2. The first-order valence-corrected chi connectivity index (χ1v) is 7.93. The Hall–Kier alpha value is -0.200. The third kappa shape index (κ3) is 8.17. The van der Waals surface area contributed by atoms with E-state index in [0.717, 1.165) is 58.7 Å². The molecule has 0 heterocycles. The number of hydrogen-bond acceptors (Lipinski definition) is 5. The number of nitrogens with one attached hydrogen (secondary N) is 1. The lowest BCUT2D eigenvalue weighted by atomic mass is 10.2.